The molecule has 0 N–H and O–H groups in total. The highest BCUT2D eigenvalue weighted by atomic mass is 16.5. The number of amides is 1. The smallest absolute Gasteiger partial charge is 0.343 e. The fraction of sp³-hybridized carbons (Fsp3) is 0.696. The lowest BCUT2D eigenvalue weighted by atomic mass is 10.1. The van der Waals surface area contributed by atoms with Crippen LogP contribution >= 0.6 is 0 Å². The van der Waals surface area contributed by atoms with Gasteiger partial charge in [-0.25, -0.2) is 4.79 Å². The van der Waals surface area contributed by atoms with Crippen LogP contribution in [0.5, 0.6) is 5.75 Å². The Bertz CT molecular complexity index is 886. The first-order valence-electron chi connectivity index (χ1n) is 11.7. The van der Waals surface area contributed by atoms with Crippen LogP contribution in [0.25, 0.3) is 0 Å². The van der Waals surface area contributed by atoms with Crippen LogP contribution in [-0.4, -0.2) is 85.4 Å². The number of hydrogen-bond acceptors (Lipinski definition) is 7. The second-order valence-electron chi connectivity index (χ2n) is 8.64. The summed E-state index contributed by atoms with van der Waals surface area (Å²) in [7, 11) is 1.33. The quantitative estimate of drug-likeness (QED) is 0.603. The van der Waals surface area contributed by atoms with Gasteiger partial charge in [-0.1, -0.05) is 6.42 Å². The van der Waals surface area contributed by atoms with Crippen molar-refractivity contribution in [2.24, 2.45) is 0 Å². The maximum absolute atomic E-state index is 12.9. The van der Waals surface area contributed by atoms with Crippen molar-refractivity contribution in [2.45, 2.75) is 51.2 Å². The molecule has 1 aromatic rings. The summed E-state index contributed by atoms with van der Waals surface area (Å²) < 4.78 is 18.1. The number of piperidine rings is 1. The van der Waals surface area contributed by atoms with Gasteiger partial charge in [-0.15, -0.1) is 0 Å². The molecular weight excluding hydrogens is 414 g/mol. The van der Waals surface area contributed by atoms with Crippen LogP contribution < -0.4 is 10.3 Å². The molecule has 32 heavy (non-hydrogen) atoms. The number of carbonyl (C=O) groups is 2. The standard InChI is InChI=1S/C23H33N3O6/c1-30-23(29)21-17-7-10-25(22(28)18-6-5-14-31-18)11-12-26(17)20(27)16-19(21)32-15-13-24-8-3-2-4-9-24/h16,18H,2-15H2,1H3. The Hall–Kier alpha value is -2.39. The van der Waals surface area contributed by atoms with Crippen LogP contribution in [0, 0.1) is 0 Å². The van der Waals surface area contributed by atoms with Gasteiger partial charge in [-0.2, -0.15) is 0 Å². The van der Waals surface area contributed by atoms with Gasteiger partial charge in [-0.3, -0.25) is 14.5 Å². The van der Waals surface area contributed by atoms with E-state index in [0.29, 0.717) is 45.0 Å². The third-order valence-electron chi connectivity index (χ3n) is 6.61. The monoisotopic (exact) mass is 447 g/mol. The summed E-state index contributed by atoms with van der Waals surface area (Å²) in [5, 5.41) is 0. The molecule has 0 aliphatic carbocycles. The number of nitrogens with zero attached hydrogens (tertiary/aromatic N) is 3. The zero-order valence-corrected chi connectivity index (χ0v) is 18.8. The maximum atomic E-state index is 12.9. The molecule has 176 valence electrons. The highest BCUT2D eigenvalue weighted by molar-refractivity contribution is 5.93. The molecule has 0 bridgehead atoms. The van der Waals surface area contributed by atoms with Crippen molar-refractivity contribution in [3.05, 3.63) is 27.7 Å². The first kappa shape index (κ1) is 22.8. The third-order valence-corrected chi connectivity index (χ3v) is 6.61. The number of hydrogen-bond donors (Lipinski definition) is 0. The fourth-order valence-electron chi connectivity index (χ4n) is 4.85. The van der Waals surface area contributed by atoms with Gasteiger partial charge in [0.1, 0.15) is 24.0 Å². The van der Waals surface area contributed by atoms with Crippen molar-refractivity contribution < 1.29 is 23.8 Å². The van der Waals surface area contributed by atoms with Crippen molar-refractivity contribution in [1.82, 2.24) is 14.4 Å². The van der Waals surface area contributed by atoms with E-state index in [1.807, 2.05) is 0 Å². The van der Waals surface area contributed by atoms with Gasteiger partial charge < -0.3 is 23.7 Å². The molecule has 1 amide bonds. The zero-order valence-electron chi connectivity index (χ0n) is 18.8. The third kappa shape index (κ3) is 4.99. The van der Waals surface area contributed by atoms with E-state index in [4.69, 9.17) is 14.2 Å². The molecule has 0 saturated carbocycles. The number of likely N-dealkylation sites (tertiary alicyclic amines) is 1. The first-order chi connectivity index (χ1) is 15.6. The average Bonchev–Trinajstić information content (AvgIpc) is 3.26. The Labute approximate surface area is 188 Å². The van der Waals surface area contributed by atoms with Crippen molar-refractivity contribution >= 4 is 11.9 Å². The molecule has 3 aliphatic heterocycles. The highest BCUT2D eigenvalue weighted by Crippen LogP contribution is 2.25. The molecule has 1 atom stereocenters. The summed E-state index contributed by atoms with van der Waals surface area (Å²) in [5.41, 5.74) is 0.629. The van der Waals surface area contributed by atoms with Crippen molar-refractivity contribution in [3.63, 3.8) is 0 Å². The van der Waals surface area contributed by atoms with E-state index in [1.165, 1.54) is 32.4 Å². The summed E-state index contributed by atoms with van der Waals surface area (Å²) in [6.45, 7) is 5.00. The highest BCUT2D eigenvalue weighted by Gasteiger charge is 2.31. The number of esters is 1. The van der Waals surface area contributed by atoms with Crippen LogP contribution in [0.4, 0.5) is 0 Å². The maximum Gasteiger partial charge on any atom is 0.343 e. The summed E-state index contributed by atoms with van der Waals surface area (Å²) in [6, 6.07) is 1.38. The zero-order chi connectivity index (χ0) is 22.5. The van der Waals surface area contributed by atoms with E-state index < -0.39 is 12.1 Å². The molecule has 0 spiro atoms. The largest absolute Gasteiger partial charge is 0.491 e. The number of aromatic nitrogens is 1. The van der Waals surface area contributed by atoms with Crippen molar-refractivity contribution in [2.75, 3.05) is 53.0 Å². The predicted molar refractivity (Wildman–Crippen MR) is 117 cm³/mol. The van der Waals surface area contributed by atoms with Crippen LogP contribution in [0.15, 0.2) is 10.9 Å². The van der Waals surface area contributed by atoms with E-state index in [-0.39, 0.29) is 22.8 Å². The van der Waals surface area contributed by atoms with E-state index in [0.717, 1.165) is 32.5 Å². The van der Waals surface area contributed by atoms with E-state index in [2.05, 4.69) is 4.90 Å². The summed E-state index contributed by atoms with van der Waals surface area (Å²) in [6.07, 6.45) is 5.23. The Morgan fingerprint density at radius 2 is 1.91 bits per heavy atom. The lowest BCUT2D eigenvalue weighted by molar-refractivity contribution is -0.140. The average molecular weight is 448 g/mol. The number of methoxy groups -OCH3 is 1. The lowest BCUT2D eigenvalue weighted by Crippen LogP contribution is -2.40. The molecule has 1 unspecified atom stereocenters. The van der Waals surface area contributed by atoms with Gasteiger partial charge in [0.05, 0.1) is 7.11 Å². The Balaban J connectivity index is 1.52. The molecule has 9 nitrogen and oxygen atoms in total. The van der Waals surface area contributed by atoms with Crippen LogP contribution in [0.1, 0.15) is 48.2 Å². The van der Waals surface area contributed by atoms with Gasteiger partial charge in [0.2, 0.25) is 0 Å². The number of pyridine rings is 1. The number of ether oxygens (including phenoxy) is 3. The molecule has 2 fully saturated rings. The summed E-state index contributed by atoms with van der Waals surface area (Å²) in [4.78, 5) is 42.5. The van der Waals surface area contributed by atoms with E-state index >= 15 is 0 Å². The van der Waals surface area contributed by atoms with E-state index in [9.17, 15) is 14.4 Å². The van der Waals surface area contributed by atoms with Crippen LogP contribution in [0.2, 0.25) is 0 Å². The van der Waals surface area contributed by atoms with E-state index in [1.54, 1.807) is 9.47 Å². The SMILES string of the molecule is COC(=O)c1c(OCCN2CCCCC2)cc(=O)n2c1CCN(C(=O)C1CCCO1)CC2. The summed E-state index contributed by atoms with van der Waals surface area (Å²) in [5.74, 6) is -0.300. The molecule has 1 aromatic heterocycles. The molecular formula is C23H33N3O6. The minimum atomic E-state index is -0.527. The van der Waals surface area contributed by atoms with Crippen LogP contribution in [-0.2, 0) is 27.2 Å². The summed E-state index contributed by atoms with van der Waals surface area (Å²) >= 11 is 0. The van der Waals surface area contributed by atoms with Gasteiger partial charge in [0.15, 0.2) is 0 Å². The molecule has 3 aliphatic rings. The first-order valence-corrected chi connectivity index (χ1v) is 11.7. The minimum absolute atomic E-state index is 0.0408. The molecule has 4 heterocycles. The minimum Gasteiger partial charge on any atom is -0.491 e. The fourth-order valence-corrected chi connectivity index (χ4v) is 4.85. The normalized spacial score (nSPS) is 21.7. The molecule has 4 rings (SSSR count). The van der Waals surface area contributed by atoms with Gasteiger partial charge in [0, 0.05) is 51.0 Å². The van der Waals surface area contributed by atoms with Crippen LogP contribution in [0.3, 0.4) is 0 Å². The number of rotatable bonds is 6. The lowest BCUT2D eigenvalue weighted by Gasteiger charge is -2.26. The molecule has 2 saturated heterocycles. The van der Waals surface area contributed by atoms with Crippen molar-refractivity contribution in [1.29, 1.82) is 0 Å². The molecule has 0 aromatic carbocycles. The second kappa shape index (κ2) is 10.5. The second-order valence-corrected chi connectivity index (χ2v) is 8.64. The van der Waals surface area contributed by atoms with Gasteiger partial charge in [-0.05, 0) is 38.8 Å². The molecule has 0 radical (unpaired) electrons. The number of carbonyl (C=O) groups excluding carboxylic acids is 2. The van der Waals surface area contributed by atoms with Gasteiger partial charge in [0.25, 0.3) is 11.5 Å². The number of fused-ring (bicyclic) bond motifs is 1. The Kier molecular flexibility index (Phi) is 7.47. The topological polar surface area (TPSA) is 90.3 Å². The van der Waals surface area contributed by atoms with Crippen molar-refractivity contribution in [3.8, 4) is 5.75 Å². The molecule has 9 heteroatoms. The Morgan fingerprint density at radius 1 is 1.09 bits per heavy atom. The Morgan fingerprint density at radius 3 is 2.62 bits per heavy atom. The predicted octanol–water partition coefficient (Wildman–Crippen LogP) is 1.06. The van der Waals surface area contributed by atoms with Gasteiger partial charge >= 0.3 is 5.97 Å².